The average molecular weight is 882 g/mol. The fourth-order valence-electron chi connectivity index (χ4n) is 10.5. The highest BCUT2D eigenvalue weighted by atomic mass is 32.1. The van der Waals surface area contributed by atoms with Crippen molar-refractivity contribution in [2.45, 2.75) is 0 Å². The number of aromatic nitrogens is 1. The van der Waals surface area contributed by atoms with Crippen LogP contribution in [-0.2, 0) is 0 Å². The summed E-state index contributed by atoms with van der Waals surface area (Å²) in [5, 5.41) is 5.10. The van der Waals surface area contributed by atoms with Crippen LogP contribution in [0.4, 0.5) is 0 Å². The molecule has 11 aromatic carbocycles. The molecule has 0 saturated carbocycles. The van der Waals surface area contributed by atoms with E-state index in [1.807, 2.05) is 11.3 Å². The molecule has 0 saturated heterocycles. The SMILES string of the molecule is c1ccc(-c2cc(-c3ccccc3)cc(-c3cc(-c4c(-c5ccccc5)cccc4-c4ccccc4)ccc3-c3cccc4c3sc3ccc5c6ccccc6n(-c6ccccc6)c5c34)c2)cc1. The Morgan fingerprint density at radius 3 is 1.43 bits per heavy atom. The third-order valence-corrected chi connectivity index (χ3v) is 14.8. The van der Waals surface area contributed by atoms with Crippen LogP contribution in [0.25, 0.3) is 126 Å². The number of benzene rings is 11. The molecule has 0 atom stereocenters. The van der Waals surface area contributed by atoms with Crippen molar-refractivity contribution < 1.29 is 0 Å². The number of hydrogen-bond acceptors (Lipinski definition) is 1. The highest BCUT2D eigenvalue weighted by molar-refractivity contribution is 7.26. The zero-order chi connectivity index (χ0) is 45.0. The van der Waals surface area contributed by atoms with E-state index in [9.17, 15) is 0 Å². The van der Waals surface area contributed by atoms with E-state index in [-0.39, 0.29) is 0 Å². The summed E-state index contributed by atoms with van der Waals surface area (Å²) in [6.07, 6.45) is 0. The number of thiophene rings is 1. The van der Waals surface area contributed by atoms with Crippen molar-refractivity contribution in [1.29, 1.82) is 0 Å². The highest BCUT2D eigenvalue weighted by Crippen LogP contribution is 2.49. The number of nitrogens with zero attached hydrogens (tertiary/aromatic N) is 1. The van der Waals surface area contributed by atoms with Crippen molar-refractivity contribution in [3.05, 3.63) is 261 Å². The topological polar surface area (TPSA) is 4.93 Å². The van der Waals surface area contributed by atoms with Gasteiger partial charge in [-0.2, -0.15) is 0 Å². The third kappa shape index (κ3) is 6.77. The molecule has 0 bridgehead atoms. The van der Waals surface area contributed by atoms with Gasteiger partial charge in [-0.15, -0.1) is 11.3 Å². The van der Waals surface area contributed by atoms with Crippen LogP contribution in [0.1, 0.15) is 0 Å². The smallest absolute Gasteiger partial charge is 0.0634 e. The second kappa shape index (κ2) is 16.7. The van der Waals surface area contributed by atoms with Gasteiger partial charge in [0, 0.05) is 42.2 Å². The molecular weight excluding hydrogens is 839 g/mol. The molecule has 2 heteroatoms. The van der Waals surface area contributed by atoms with E-state index in [2.05, 4.69) is 265 Å². The Morgan fingerprint density at radius 2 is 0.794 bits per heavy atom. The van der Waals surface area contributed by atoms with E-state index in [1.165, 1.54) is 120 Å². The molecule has 13 aromatic rings. The first-order valence-electron chi connectivity index (χ1n) is 23.3. The van der Waals surface area contributed by atoms with E-state index in [0.717, 1.165) is 5.69 Å². The van der Waals surface area contributed by atoms with E-state index < -0.39 is 0 Å². The van der Waals surface area contributed by atoms with Crippen LogP contribution in [0.15, 0.2) is 261 Å². The summed E-state index contributed by atoms with van der Waals surface area (Å²) in [4.78, 5) is 0. The highest BCUT2D eigenvalue weighted by Gasteiger charge is 2.23. The fourth-order valence-corrected chi connectivity index (χ4v) is 11.8. The van der Waals surface area contributed by atoms with Gasteiger partial charge in [-0.05, 0) is 121 Å². The van der Waals surface area contributed by atoms with Gasteiger partial charge in [0.1, 0.15) is 0 Å². The van der Waals surface area contributed by atoms with Crippen LogP contribution < -0.4 is 0 Å². The number of rotatable bonds is 8. The lowest BCUT2D eigenvalue weighted by molar-refractivity contribution is 1.19. The van der Waals surface area contributed by atoms with Gasteiger partial charge in [-0.1, -0.05) is 212 Å². The second-order valence-electron chi connectivity index (χ2n) is 17.6. The van der Waals surface area contributed by atoms with Crippen LogP contribution in [0.5, 0.6) is 0 Å². The summed E-state index contributed by atoms with van der Waals surface area (Å²) < 4.78 is 5.03. The molecule has 2 heterocycles. The fraction of sp³-hybridized carbons (Fsp3) is 0. The molecule has 318 valence electrons. The zero-order valence-electron chi connectivity index (χ0n) is 37.2. The van der Waals surface area contributed by atoms with Gasteiger partial charge in [0.15, 0.2) is 0 Å². The van der Waals surface area contributed by atoms with E-state index in [1.54, 1.807) is 0 Å². The van der Waals surface area contributed by atoms with Crippen LogP contribution >= 0.6 is 11.3 Å². The lowest BCUT2D eigenvalue weighted by atomic mass is 9.84. The normalized spacial score (nSPS) is 11.5. The Bertz CT molecular complexity index is 3860. The van der Waals surface area contributed by atoms with Crippen molar-refractivity contribution in [1.82, 2.24) is 4.57 Å². The molecule has 0 spiro atoms. The summed E-state index contributed by atoms with van der Waals surface area (Å²) in [6.45, 7) is 0. The van der Waals surface area contributed by atoms with Crippen molar-refractivity contribution >= 4 is 53.3 Å². The molecule has 1 nitrogen and oxygen atoms in total. The molecule has 0 aliphatic heterocycles. The van der Waals surface area contributed by atoms with Gasteiger partial charge in [0.25, 0.3) is 0 Å². The zero-order valence-corrected chi connectivity index (χ0v) is 38.0. The summed E-state index contributed by atoms with van der Waals surface area (Å²) >= 11 is 1.90. The Balaban J connectivity index is 1.12. The second-order valence-corrected chi connectivity index (χ2v) is 18.6. The predicted molar refractivity (Wildman–Crippen MR) is 292 cm³/mol. The molecular formula is C66H43NS. The minimum atomic E-state index is 1.16. The minimum Gasteiger partial charge on any atom is -0.309 e. The molecule has 0 aliphatic carbocycles. The average Bonchev–Trinajstić information content (AvgIpc) is 3.98. The first kappa shape index (κ1) is 39.8. The van der Waals surface area contributed by atoms with Crippen LogP contribution in [0.2, 0.25) is 0 Å². The van der Waals surface area contributed by atoms with Crippen molar-refractivity contribution in [3.8, 4) is 83.6 Å². The van der Waals surface area contributed by atoms with Crippen LogP contribution in [0, 0.1) is 0 Å². The van der Waals surface area contributed by atoms with Gasteiger partial charge < -0.3 is 4.57 Å². The molecule has 0 fully saturated rings. The molecule has 0 radical (unpaired) electrons. The summed E-state index contributed by atoms with van der Waals surface area (Å²) in [5.41, 5.74) is 20.4. The molecule has 0 unspecified atom stereocenters. The summed E-state index contributed by atoms with van der Waals surface area (Å²) in [6, 6.07) is 95.8. The molecule has 2 aromatic heterocycles. The number of para-hydroxylation sites is 2. The summed E-state index contributed by atoms with van der Waals surface area (Å²) in [7, 11) is 0. The Morgan fingerprint density at radius 1 is 0.279 bits per heavy atom. The lowest BCUT2D eigenvalue weighted by Crippen LogP contribution is -1.94. The molecule has 0 aliphatic rings. The van der Waals surface area contributed by atoms with Gasteiger partial charge >= 0.3 is 0 Å². The monoisotopic (exact) mass is 881 g/mol. The maximum Gasteiger partial charge on any atom is 0.0634 e. The van der Waals surface area contributed by atoms with Gasteiger partial charge in [0.05, 0.1) is 11.0 Å². The molecule has 68 heavy (non-hydrogen) atoms. The van der Waals surface area contributed by atoms with Crippen molar-refractivity contribution in [2.24, 2.45) is 0 Å². The quantitative estimate of drug-likeness (QED) is 0.143. The van der Waals surface area contributed by atoms with Crippen LogP contribution in [0.3, 0.4) is 0 Å². The first-order chi connectivity index (χ1) is 33.7. The molecule has 0 N–H and O–H groups in total. The maximum atomic E-state index is 2.47. The maximum absolute atomic E-state index is 2.47. The largest absolute Gasteiger partial charge is 0.309 e. The van der Waals surface area contributed by atoms with Crippen molar-refractivity contribution in [2.75, 3.05) is 0 Å². The van der Waals surface area contributed by atoms with E-state index in [4.69, 9.17) is 0 Å². The minimum absolute atomic E-state index is 1.16. The Kier molecular flexibility index (Phi) is 9.77. The van der Waals surface area contributed by atoms with Crippen molar-refractivity contribution in [3.63, 3.8) is 0 Å². The lowest BCUT2D eigenvalue weighted by Gasteiger charge is -2.20. The van der Waals surface area contributed by atoms with Gasteiger partial charge in [-0.25, -0.2) is 0 Å². The van der Waals surface area contributed by atoms with Gasteiger partial charge in [-0.3, -0.25) is 0 Å². The Labute approximate surface area is 400 Å². The molecule has 13 rings (SSSR count). The predicted octanol–water partition coefficient (Wildman–Crippen LogP) is 18.8. The van der Waals surface area contributed by atoms with Gasteiger partial charge in [0.2, 0.25) is 0 Å². The standard InChI is InChI=1S/C66H43NS/c1-6-20-44(21-7-1)49-40-50(45-22-8-2-9-23-45)42-51(41-49)60-43-48(63-53(46-24-10-3-11-25-46)31-18-32-54(63)47-26-12-4-13-27-47)36-37-55(60)58-33-19-34-59-64-62(68-66(58)59)39-38-57-56-30-16-17-35-61(56)67(65(57)64)52-28-14-5-15-29-52/h1-43H. The van der Waals surface area contributed by atoms with E-state index in [0.29, 0.717) is 0 Å². The Hall–Kier alpha value is -8.56. The summed E-state index contributed by atoms with van der Waals surface area (Å²) in [5.74, 6) is 0. The molecule has 0 amide bonds. The van der Waals surface area contributed by atoms with Crippen LogP contribution in [-0.4, -0.2) is 4.57 Å². The van der Waals surface area contributed by atoms with E-state index >= 15 is 0 Å². The number of fused-ring (bicyclic) bond motifs is 7. The number of hydrogen-bond donors (Lipinski definition) is 0. The third-order valence-electron chi connectivity index (χ3n) is 13.6. The first-order valence-corrected chi connectivity index (χ1v) is 24.1.